The summed E-state index contributed by atoms with van der Waals surface area (Å²) in [5, 5.41) is 2.78. The lowest BCUT2D eigenvalue weighted by Crippen LogP contribution is -2.31. The Kier molecular flexibility index (Phi) is 7.33. The molecule has 0 aliphatic heterocycles. The quantitative estimate of drug-likeness (QED) is 0.511. The summed E-state index contributed by atoms with van der Waals surface area (Å²) in [5.74, 6) is -0.690. The van der Waals surface area contributed by atoms with E-state index in [1.807, 2.05) is 61.5 Å². The van der Waals surface area contributed by atoms with Crippen LogP contribution in [-0.2, 0) is 16.1 Å². The third kappa shape index (κ3) is 6.37. The molecule has 31 heavy (non-hydrogen) atoms. The number of benzene rings is 3. The van der Waals surface area contributed by atoms with Gasteiger partial charge < -0.3 is 10.2 Å². The Hall–Kier alpha value is -3.73. The fourth-order valence-electron chi connectivity index (χ4n) is 3.32. The Balaban J connectivity index is 1.88. The smallest absolute Gasteiger partial charge is 0.247 e. The highest BCUT2D eigenvalue weighted by atomic mass is 19.1. The third-order valence-electron chi connectivity index (χ3n) is 4.90. The predicted molar refractivity (Wildman–Crippen MR) is 122 cm³/mol. The lowest BCUT2D eigenvalue weighted by atomic mass is 10.0. The molecule has 158 valence electrons. The lowest BCUT2D eigenvalue weighted by Gasteiger charge is -2.29. The van der Waals surface area contributed by atoms with E-state index in [0.29, 0.717) is 17.8 Å². The van der Waals surface area contributed by atoms with Crippen molar-refractivity contribution in [1.82, 2.24) is 4.90 Å². The second kappa shape index (κ2) is 10.3. The SMILES string of the molecule is CC(=O)Nc1cccc([C@@H](C)N(Cc2ccccc2)C(=O)/C=C/c2cccc(F)c2)c1. The summed E-state index contributed by atoms with van der Waals surface area (Å²) in [5.41, 5.74) is 3.20. The second-order valence-electron chi connectivity index (χ2n) is 7.32. The Morgan fingerprint density at radius 3 is 2.45 bits per heavy atom. The molecule has 0 spiro atoms. The number of nitrogens with one attached hydrogen (secondary N) is 1. The van der Waals surface area contributed by atoms with Gasteiger partial charge >= 0.3 is 0 Å². The molecule has 1 atom stereocenters. The molecule has 0 radical (unpaired) electrons. The first-order valence-electron chi connectivity index (χ1n) is 10.1. The van der Waals surface area contributed by atoms with Gasteiger partial charge in [-0.3, -0.25) is 9.59 Å². The molecule has 4 nitrogen and oxygen atoms in total. The highest BCUT2D eigenvalue weighted by molar-refractivity contribution is 5.92. The molecule has 3 rings (SSSR count). The summed E-state index contributed by atoms with van der Waals surface area (Å²) in [4.78, 5) is 26.3. The van der Waals surface area contributed by atoms with Crippen molar-refractivity contribution in [3.63, 3.8) is 0 Å². The van der Waals surface area contributed by atoms with Crippen molar-refractivity contribution < 1.29 is 14.0 Å². The maximum absolute atomic E-state index is 13.5. The van der Waals surface area contributed by atoms with E-state index in [0.717, 1.165) is 11.1 Å². The summed E-state index contributed by atoms with van der Waals surface area (Å²) in [6, 6.07) is 23.0. The molecule has 0 aliphatic rings. The second-order valence-corrected chi connectivity index (χ2v) is 7.32. The maximum Gasteiger partial charge on any atom is 0.247 e. The number of carbonyl (C=O) groups is 2. The van der Waals surface area contributed by atoms with Gasteiger partial charge in [-0.1, -0.05) is 54.6 Å². The van der Waals surface area contributed by atoms with Crippen LogP contribution in [0.4, 0.5) is 10.1 Å². The molecule has 0 saturated heterocycles. The van der Waals surface area contributed by atoms with Gasteiger partial charge in [0.05, 0.1) is 6.04 Å². The van der Waals surface area contributed by atoms with Gasteiger partial charge in [0, 0.05) is 25.2 Å². The normalized spacial score (nSPS) is 11.8. The first-order valence-corrected chi connectivity index (χ1v) is 10.1. The Morgan fingerprint density at radius 2 is 1.74 bits per heavy atom. The number of amides is 2. The van der Waals surface area contributed by atoms with Crippen LogP contribution in [0.25, 0.3) is 6.08 Å². The monoisotopic (exact) mass is 416 g/mol. The van der Waals surface area contributed by atoms with Crippen molar-refractivity contribution >= 4 is 23.6 Å². The largest absolute Gasteiger partial charge is 0.328 e. The highest BCUT2D eigenvalue weighted by Gasteiger charge is 2.20. The minimum Gasteiger partial charge on any atom is -0.328 e. The summed E-state index contributed by atoms with van der Waals surface area (Å²) in [7, 11) is 0. The number of nitrogens with zero attached hydrogens (tertiary/aromatic N) is 1. The van der Waals surface area contributed by atoms with Crippen LogP contribution in [0.3, 0.4) is 0 Å². The predicted octanol–water partition coefficient (Wildman–Crippen LogP) is 5.59. The van der Waals surface area contributed by atoms with E-state index in [2.05, 4.69) is 5.32 Å². The van der Waals surface area contributed by atoms with Gasteiger partial charge in [-0.15, -0.1) is 0 Å². The molecule has 0 aliphatic carbocycles. The Bertz CT molecular complexity index is 1080. The number of halogens is 1. The van der Waals surface area contributed by atoms with Gasteiger partial charge in [0.2, 0.25) is 11.8 Å². The third-order valence-corrected chi connectivity index (χ3v) is 4.90. The van der Waals surface area contributed by atoms with E-state index in [9.17, 15) is 14.0 Å². The van der Waals surface area contributed by atoms with Crippen molar-refractivity contribution in [1.29, 1.82) is 0 Å². The van der Waals surface area contributed by atoms with E-state index >= 15 is 0 Å². The van der Waals surface area contributed by atoms with Crippen LogP contribution in [0, 0.1) is 5.82 Å². The Morgan fingerprint density at radius 1 is 1.00 bits per heavy atom. The first-order chi connectivity index (χ1) is 14.9. The molecule has 1 N–H and O–H groups in total. The molecule has 0 unspecified atom stereocenters. The van der Waals surface area contributed by atoms with Crippen LogP contribution in [0.15, 0.2) is 84.9 Å². The average molecular weight is 416 g/mol. The fraction of sp³-hybridized carbons (Fsp3) is 0.154. The standard InChI is InChI=1S/C26H25FN2O2/c1-19(23-11-7-13-25(17-23)28-20(2)30)29(18-22-8-4-3-5-9-22)26(31)15-14-21-10-6-12-24(27)16-21/h3-17,19H,18H2,1-2H3,(H,28,30)/b15-14+/t19-/m1/s1. The first kappa shape index (κ1) is 22.0. The Labute approximate surface area is 182 Å². The molecule has 3 aromatic rings. The fourth-order valence-corrected chi connectivity index (χ4v) is 3.32. The lowest BCUT2D eigenvalue weighted by molar-refractivity contribution is -0.128. The summed E-state index contributed by atoms with van der Waals surface area (Å²) < 4.78 is 13.5. The molecule has 0 aromatic heterocycles. The number of hydrogen-bond donors (Lipinski definition) is 1. The molecule has 5 heteroatoms. The van der Waals surface area contributed by atoms with Crippen LogP contribution in [0.2, 0.25) is 0 Å². The van der Waals surface area contributed by atoms with Gasteiger partial charge in [-0.05, 0) is 54.0 Å². The average Bonchev–Trinajstić information content (AvgIpc) is 2.76. The number of rotatable bonds is 7. The maximum atomic E-state index is 13.5. The van der Waals surface area contributed by atoms with E-state index in [-0.39, 0.29) is 23.7 Å². The molecular weight excluding hydrogens is 391 g/mol. The van der Waals surface area contributed by atoms with Gasteiger partial charge in [0.15, 0.2) is 0 Å². The zero-order valence-electron chi connectivity index (χ0n) is 17.6. The summed E-state index contributed by atoms with van der Waals surface area (Å²) in [6.07, 6.45) is 3.08. The topological polar surface area (TPSA) is 49.4 Å². The number of anilines is 1. The molecule has 0 fully saturated rings. The summed E-state index contributed by atoms with van der Waals surface area (Å²) in [6.45, 7) is 3.82. The van der Waals surface area contributed by atoms with Crippen LogP contribution in [-0.4, -0.2) is 16.7 Å². The summed E-state index contributed by atoms with van der Waals surface area (Å²) >= 11 is 0. The van der Waals surface area contributed by atoms with Crippen LogP contribution >= 0.6 is 0 Å². The zero-order chi connectivity index (χ0) is 22.2. The van der Waals surface area contributed by atoms with E-state index in [4.69, 9.17) is 0 Å². The highest BCUT2D eigenvalue weighted by Crippen LogP contribution is 2.25. The van der Waals surface area contributed by atoms with E-state index in [1.165, 1.54) is 25.1 Å². The molecule has 2 amide bonds. The van der Waals surface area contributed by atoms with Gasteiger partial charge in [-0.2, -0.15) is 0 Å². The molecule has 3 aromatic carbocycles. The van der Waals surface area contributed by atoms with Crippen molar-refractivity contribution in [2.24, 2.45) is 0 Å². The molecule has 0 heterocycles. The van der Waals surface area contributed by atoms with Crippen LogP contribution < -0.4 is 5.32 Å². The zero-order valence-corrected chi connectivity index (χ0v) is 17.6. The van der Waals surface area contributed by atoms with Crippen LogP contribution in [0.1, 0.15) is 36.6 Å². The van der Waals surface area contributed by atoms with Gasteiger partial charge in [0.25, 0.3) is 0 Å². The van der Waals surface area contributed by atoms with E-state index < -0.39 is 0 Å². The molecule has 0 bridgehead atoms. The molecule has 0 saturated carbocycles. The van der Waals surface area contributed by atoms with Crippen LogP contribution in [0.5, 0.6) is 0 Å². The van der Waals surface area contributed by atoms with E-state index in [1.54, 1.807) is 23.1 Å². The van der Waals surface area contributed by atoms with Crippen molar-refractivity contribution in [2.75, 3.05) is 5.32 Å². The van der Waals surface area contributed by atoms with Gasteiger partial charge in [-0.25, -0.2) is 4.39 Å². The minimum atomic E-state index is -0.348. The number of hydrogen-bond acceptors (Lipinski definition) is 2. The van der Waals surface area contributed by atoms with Gasteiger partial charge in [0.1, 0.15) is 5.82 Å². The molecular formula is C26H25FN2O2. The number of carbonyl (C=O) groups excluding carboxylic acids is 2. The van der Waals surface area contributed by atoms with Crippen molar-refractivity contribution in [2.45, 2.75) is 26.4 Å². The minimum absolute atomic E-state index is 0.153. The van der Waals surface area contributed by atoms with Crippen molar-refractivity contribution in [3.05, 3.63) is 107 Å². The van der Waals surface area contributed by atoms with Crippen molar-refractivity contribution in [3.8, 4) is 0 Å².